The van der Waals surface area contributed by atoms with Crippen molar-refractivity contribution in [2.75, 3.05) is 31.6 Å². The Morgan fingerprint density at radius 2 is 1.93 bits per heavy atom. The van der Waals surface area contributed by atoms with Gasteiger partial charge in [0, 0.05) is 23.7 Å². The summed E-state index contributed by atoms with van der Waals surface area (Å²) in [6.45, 7) is 2.41. The molecule has 3 aromatic rings. The number of ether oxygens (including phenoxy) is 1. The first kappa shape index (κ1) is 20.0. The molecule has 8 heteroatoms. The van der Waals surface area contributed by atoms with Crippen molar-refractivity contribution in [3.8, 4) is 0 Å². The van der Waals surface area contributed by atoms with Crippen molar-refractivity contribution in [2.24, 2.45) is 5.92 Å². The number of aromatic amines is 1. The summed E-state index contributed by atoms with van der Waals surface area (Å²) in [7, 11) is 0. The van der Waals surface area contributed by atoms with E-state index >= 15 is 0 Å². The Balaban J connectivity index is 1.18. The van der Waals surface area contributed by atoms with E-state index in [2.05, 4.69) is 20.2 Å². The van der Waals surface area contributed by atoms with Crippen LogP contribution in [0.2, 0.25) is 0 Å². The smallest absolute Gasteiger partial charge is 0.411 e. The number of likely N-dealkylation sites (tertiary alicyclic amines) is 1. The van der Waals surface area contributed by atoms with Gasteiger partial charge in [-0.05, 0) is 68.4 Å². The van der Waals surface area contributed by atoms with Crippen molar-refractivity contribution in [1.82, 2.24) is 14.9 Å². The number of fused-ring (bicyclic) bond motifs is 1. The van der Waals surface area contributed by atoms with E-state index in [-0.39, 0.29) is 24.1 Å². The summed E-state index contributed by atoms with van der Waals surface area (Å²) >= 11 is 0. The molecular formula is C22H23FN4O3. The van der Waals surface area contributed by atoms with E-state index < -0.39 is 6.09 Å². The average molecular weight is 410 g/mol. The van der Waals surface area contributed by atoms with Gasteiger partial charge in [-0.3, -0.25) is 15.0 Å². The first-order chi connectivity index (χ1) is 14.6. The van der Waals surface area contributed by atoms with Crippen LogP contribution in [0, 0.1) is 11.7 Å². The Bertz CT molecular complexity index is 1030. The molecule has 1 aromatic heterocycles. The van der Waals surface area contributed by atoms with Crippen LogP contribution in [0.15, 0.2) is 48.8 Å². The number of benzene rings is 2. The Morgan fingerprint density at radius 1 is 1.17 bits per heavy atom. The number of hydrogen-bond acceptors (Lipinski definition) is 5. The molecule has 1 fully saturated rings. The molecule has 0 bridgehead atoms. The van der Waals surface area contributed by atoms with Crippen LogP contribution in [0.1, 0.15) is 23.2 Å². The lowest BCUT2D eigenvalue weighted by Crippen LogP contribution is -2.38. The van der Waals surface area contributed by atoms with Crippen LogP contribution in [0.3, 0.4) is 0 Å². The quantitative estimate of drug-likeness (QED) is 0.603. The predicted octanol–water partition coefficient (Wildman–Crippen LogP) is 3.85. The second-order valence-electron chi connectivity index (χ2n) is 7.38. The molecule has 1 aliphatic rings. The molecule has 0 unspecified atom stereocenters. The lowest BCUT2D eigenvalue weighted by atomic mass is 9.89. The van der Waals surface area contributed by atoms with Crippen molar-refractivity contribution in [1.29, 1.82) is 0 Å². The molecule has 0 saturated carbocycles. The van der Waals surface area contributed by atoms with Gasteiger partial charge in [0.2, 0.25) is 0 Å². The number of ketones is 1. The van der Waals surface area contributed by atoms with Gasteiger partial charge in [0.25, 0.3) is 0 Å². The van der Waals surface area contributed by atoms with E-state index in [4.69, 9.17) is 4.74 Å². The predicted molar refractivity (Wildman–Crippen MR) is 111 cm³/mol. The molecule has 7 nitrogen and oxygen atoms in total. The number of H-pyrrole nitrogens is 1. The molecule has 2 N–H and O–H groups in total. The number of carbonyl (C=O) groups excluding carboxylic acids is 2. The number of hydrogen-bond donors (Lipinski definition) is 2. The molecular weight excluding hydrogens is 387 g/mol. The fraction of sp³-hybridized carbons (Fsp3) is 0.318. The van der Waals surface area contributed by atoms with Crippen molar-refractivity contribution in [2.45, 2.75) is 12.8 Å². The molecule has 2 aromatic carbocycles. The Hall–Kier alpha value is -3.26. The normalized spacial score (nSPS) is 15.2. The summed E-state index contributed by atoms with van der Waals surface area (Å²) in [4.78, 5) is 33.8. The van der Waals surface area contributed by atoms with Crippen LogP contribution in [-0.4, -0.2) is 53.0 Å². The molecule has 1 aliphatic heterocycles. The standard InChI is InChI=1S/C22H23FN4O3/c23-17-3-1-15(2-4-17)21(28)16-7-9-27(10-8-16)11-12-30-22(29)26-18-5-6-19-20(13-18)25-14-24-19/h1-6,13-14,16H,7-12H2,(H,24,25)(H,26,29). The van der Waals surface area contributed by atoms with Gasteiger partial charge in [0.1, 0.15) is 12.4 Å². The highest BCUT2D eigenvalue weighted by Gasteiger charge is 2.25. The van der Waals surface area contributed by atoms with Crippen molar-refractivity contribution in [3.63, 3.8) is 0 Å². The number of nitrogens with zero attached hydrogens (tertiary/aromatic N) is 2. The number of aromatic nitrogens is 2. The minimum Gasteiger partial charge on any atom is -0.448 e. The van der Waals surface area contributed by atoms with Crippen molar-refractivity contribution < 1.29 is 18.7 Å². The highest BCUT2D eigenvalue weighted by Crippen LogP contribution is 2.22. The number of piperidine rings is 1. The topological polar surface area (TPSA) is 87.3 Å². The molecule has 0 spiro atoms. The summed E-state index contributed by atoms with van der Waals surface area (Å²) < 4.78 is 18.3. The van der Waals surface area contributed by atoms with E-state index in [1.165, 1.54) is 12.1 Å². The summed E-state index contributed by atoms with van der Waals surface area (Å²) in [6.07, 6.45) is 2.58. The maximum Gasteiger partial charge on any atom is 0.411 e. The monoisotopic (exact) mass is 410 g/mol. The maximum atomic E-state index is 13.0. The number of amides is 1. The van der Waals surface area contributed by atoms with Crippen LogP contribution >= 0.6 is 0 Å². The Kier molecular flexibility index (Phi) is 6.04. The van der Waals surface area contributed by atoms with Gasteiger partial charge in [-0.25, -0.2) is 14.2 Å². The Labute approximate surface area is 173 Å². The first-order valence-electron chi connectivity index (χ1n) is 9.97. The van der Waals surface area contributed by atoms with E-state index in [1.807, 2.05) is 6.07 Å². The number of anilines is 1. The zero-order chi connectivity index (χ0) is 20.9. The molecule has 1 amide bonds. The zero-order valence-corrected chi connectivity index (χ0v) is 16.4. The summed E-state index contributed by atoms with van der Waals surface area (Å²) in [5.41, 5.74) is 2.86. The van der Waals surface area contributed by atoms with E-state index in [0.29, 0.717) is 17.8 Å². The first-order valence-corrected chi connectivity index (χ1v) is 9.97. The largest absolute Gasteiger partial charge is 0.448 e. The minimum absolute atomic E-state index is 0.0478. The van der Waals surface area contributed by atoms with Gasteiger partial charge in [0.05, 0.1) is 17.4 Å². The third-order valence-electron chi connectivity index (χ3n) is 5.39. The molecule has 0 radical (unpaired) electrons. The molecule has 30 heavy (non-hydrogen) atoms. The molecule has 2 heterocycles. The zero-order valence-electron chi connectivity index (χ0n) is 16.4. The molecule has 156 valence electrons. The van der Waals surface area contributed by atoms with Gasteiger partial charge < -0.3 is 9.72 Å². The third kappa shape index (κ3) is 4.83. The molecule has 4 rings (SSSR count). The van der Waals surface area contributed by atoms with Crippen LogP contribution in [-0.2, 0) is 4.74 Å². The van der Waals surface area contributed by atoms with Gasteiger partial charge >= 0.3 is 6.09 Å². The highest BCUT2D eigenvalue weighted by molar-refractivity contribution is 5.97. The number of imidazole rings is 1. The van der Waals surface area contributed by atoms with Gasteiger partial charge in [-0.15, -0.1) is 0 Å². The van der Waals surface area contributed by atoms with Crippen molar-refractivity contribution >= 4 is 28.6 Å². The SMILES string of the molecule is O=C(Nc1ccc2nc[nH]c2c1)OCCN1CCC(C(=O)c2ccc(F)cc2)CC1. The second-order valence-corrected chi connectivity index (χ2v) is 7.38. The summed E-state index contributed by atoms with van der Waals surface area (Å²) in [5.74, 6) is -0.319. The van der Waals surface area contributed by atoms with Crippen LogP contribution in [0.4, 0.5) is 14.9 Å². The van der Waals surface area contributed by atoms with Gasteiger partial charge in [-0.1, -0.05) is 0 Å². The number of Topliss-reactive ketones (excluding diaryl/α,β-unsaturated/α-hetero) is 1. The van der Waals surface area contributed by atoms with Gasteiger partial charge in [-0.2, -0.15) is 0 Å². The van der Waals surface area contributed by atoms with E-state index in [1.54, 1.807) is 30.6 Å². The van der Waals surface area contributed by atoms with Crippen molar-refractivity contribution in [3.05, 3.63) is 60.2 Å². The fourth-order valence-electron chi connectivity index (χ4n) is 3.70. The summed E-state index contributed by atoms with van der Waals surface area (Å²) in [5, 5.41) is 2.71. The molecule has 0 aliphatic carbocycles. The minimum atomic E-state index is -0.504. The fourth-order valence-corrected chi connectivity index (χ4v) is 3.70. The highest BCUT2D eigenvalue weighted by atomic mass is 19.1. The van der Waals surface area contributed by atoms with Crippen LogP contribution < -0.4 is 5.32 Å². The number of rotatable bonds is 6. The molecule has 0 atom stereocenters. The lowest BCUT2D eigenvalue weighted by Gasteiger charge is -2.31. The van der Waals surface area contributed by atoms with E-state index in [9.17, 15) is 14.0 Å². The second kappa shape index (κ2) is 9.04. The Morgan fingerprint density at radius 3 is 2.70 bits per heavy atom. The van der Waals surface area contributed by atoms with E-state index in [0.717, 1.165) is 37.0 Å². The third-order valence-corrected chi connectivity index (χ3v) is 5.39. The average Bonchev–Trinajstić information content (AvgIpc) is 3.22. The van der Waals surface area contributed by atoms with Gasteiger partial charge in [0.15, 0.2) is 5.78 Å². The number of nitrogens with one attached hydrogen (secondary N) is 2. The van der Waals surface area contributed by atoms with Crippen LogP contribution in [0.5, 0.6) is 0 Å². The summed E-state index contributed by atoms with van der Waals surface area (Å²) in [6, 6.07) is 11.1. The number of halogens is 1. The van der Waals surface area contributed by atoms with Crippen LogP contribution in [0.25, 0.3) is 11.0 Å². The number of carbonyl (C=O) groups is 2. The lowest BCUT2D eigenvalue weighted by molar-refractivity contribution is 0.0813. The maximum absolute atomic E-state index is 13.0. The molecule has 1 saturated heterocycles.